The summed E-state index contributed by atoms with van der Waals surface area (Å²) in [6, 6.07) is 0. The molecule has 0 radical (unpaired) electrons. The predicted octanol–water partition coefficient (Wildman–Crippen LogP) is -0.566. The summed E-state index contributed by atoms with van der Waals surface area (Å²) >= 11 is 1.53. The van der Waals surface area contributed by atoms with E-state index in [1.807, 2.05) is 0 Å². The van der Waals surface area contributed by atoms with Crippen molar-refractivity contribution in [1.29, 1.82) is 0 Å². The Labute approximate surface area is 96.5 Å². The zero-order valence-corrected chi connectivity index (χ0v) is 9.37. The summed E-state index contributed by atoms with van der Waals surface area (Å²) in [6.07, 6.45) is 2.69. The highest BCUT2D eigenvalue weighted by molar-refractivity contribution is 7.99. The van der Waals surface area contributed by atoms with E-state index in [0.717, 1.165) is 17.3 Å². The SMILES string of the molecule is NNC(=O)C1CCC(CSc2ncn[nH]2)O1. The molecule has 1 aromatic heterocycles. The van der Waals surface area contributed by atoms with Gasteiger partial charge in [-0.3, -0.25) is 15.3 Å². The topological polar surface area (TPSA) is 106 Å². The molecule has 1 saturated heterocycles. The number of hydrogen-bond acceptors (Lipinski definition) is 6. The Morgan fingerprint density at radius 1 is 1.75 bits per heavy atom. The normalized spacial score (nSPS) is 24.6. The summed E-state index contributed by atoms with van der Waals surface area (Å²) in [4.78, 5) is 15.2. The van der Waals surface area contributed by atoms with E-state index in [1.165, 1.54) is 18.1 Å². The minimum atomic E-state index is -0.412. The molecule has 1 aromatic rings. The highest BCUT2D eigenvalue weighted by Crippen LogP contribution is 2.24. The van der Waals surface area contributed by atoms with Crippen molar-refractivity contribution in [3.05, 3.63) is 6.33 Å². The Kier molecular flexibility index (Phi) is 3.75. The van der Waals surface area contributed by atoms with Crippen LogP contribution in [-0.2, 0) is 9.53 Å². The van der Waals surface area contributed by atoms with E-state index in [-0.39, 0.29) is 12.0 Å². The Balaban J connectivity index is 1.75. The molecule has 0 saturated carbocycles. The molecule has 1 aliphatic heterocycles. The summed E-state index contributed by atoms with van der Waals surface area (Å²) < 4.78 is 5.54. The Morgan fingerprint density at radius 3 is 3.31 bits per heavy atom. The maximum Gasteiger partial charge on any atom is 0.263 e. The number of carbonyl (C=O) groups is 1. The van der Waals surface area contributed by atoms with Crippen LogP contribution in [0.25, 0.3) is 0 Å². The zero-order chi connectivity index (χ0) is 11.4. The van der Waals surface area contributed by atoms with Gasteiger partial charge in [0.2, 0.25) is 0 Å². The van der Waals surface area contributed by atoms with E-state index in [0.29, 0.717) is 6.42 Å². The third kappa shape index (κ3) is 2.71. The standard InChI is InChI=1S/C8H13N5O2S/c9-12-7(14)6-2-1-5(15-6)3-16-8-10-4-11-13-8/h4-6H,1-3,9H2,(H,12,14)(H,10,11,13). The number of amides is 1. The first kappa shape index (κ1) is 11.4. The van der Waals surface area contributed by atoms with E-state index >= 15 is 0 Å². The van der Waals surface area contributed by atoms with E-state index in [2.05, 4.69) is 20.6 Å². The second-order valence-electron chi connectivity index (χ2n) is 3.43. The number of carbonyl (C=O) groups excluding carboxylic acids is 1. The number of H-pyrrole nitrogens is 1. The van der Waals surface area contributed by atoms with Crippen molar-refractivity contribution in [3.63, 3.8) is 0 Å². The van der Waals surface area contributed by atoms with E-state index in [1.54, 1.807) is 0 Å². The maximum atomic E-state index is 11.2. The molecular weight excluding hydrogens is 230 g/mol. The lowest BCUT2D eigenvalue weighted by Gasteiger charge is -2.11. The quantitative estimate of drug-likeness (QED) is 0.283. The zero-order valence-electron chi connectivity index (χ0n) is 8.55. The maximum absolute atomic E-state index is 11.2. The molecule has 2 rings (SSSR count). The Hall–Kier alpha value is -1.12. The second-order valence-corrected chi connectivity index (χ2v) is 4.44. The van der Waals surface area contributed by atoms with Crippen LogP contribution in [0, 0.1) is 0 Å². The molecule has 0 aromatic carbocycles. The number of thioether (sulfide) groups is 1. The number of rotatable bonds is 4. The molecule has 1 aliphatic rings. The molecule has 4 N–H and O–H groups in total. The second kappa shape index (κ2) is 5.28. The molecule has 0 spiro atoms. The van der Waals surface area contributed by atoms with Crippen LogP contribution in [0.15, 0.2) is 11.5 Å². The molecule has 1 fully saturated rings. The number of nitrogens with two attached hydrogens (primary N) is 1. The minimum absolute atomic E-state index is 0.0670. The van der Waals surface area contributed by atoms with E-state index in [4.69, 9.17) is 10.6 Å². The lowest BCUT2D eigenvalue weighted by Crippen LogP contribution is -2.39. The van der Waals surface area contributed by atoms with Gasteiger partial charge in [0, 0.05) is 5.75 Å². The van der Waals surface area contributed by atoms with Crippen molar-refractivity contribution in [2.45, 2.75) is 30.2 Å². The molecule has 16 heavy (non-hydrogen) atoms. The highest BCUT2D eigenvalue weighted by Gasteiger charge is 2.30. The number of hydrazine groups is 1. The van der Waals surface area contributed by atoms with Crippen molar-refractivity contribution < 1.29 is 9.53 Å². The molecule has 0 aliphatic carbocycles. The van der Waals surface area contributed by atoms with Crippen molar-refractivity contribution in [1.82, 2.24) is 20.6 Å². The van der Waals surface area contributed by atoms with Gasteiger partial charge in [0.05, 0.1) is 6.10 Å². The lowest BCUT2D eigenvalue weighted by molar-refractivity contribution is -0.131. The molecule has 0 bridgehead atoms. The first-order valence-corrected chi connectivity index (χ1v) is 5.92. The van der Waals surface area contributed by atoms with Gasteiger partial charge >= 0.3 is 0 Å². The van der Waals surface area contributed by atoms with Crippen LogP contribution in [0.3, 0.4) is 0 Å². The van der Waals surface area contributed by atoms with E-state index < -0.39 is 6.10 Å². The fourth-order valence-electron chi connectivity index (χ4n) is 1.55. The van der Waals surface area contributed by atoms with Gasteiger partial charge in [-0.1, -0.05) is 11.8 Å². The highest BCUT2D eigenvalue weighted by atomic mass is 32.2. The van der Waals surface area contributed by atoms with Crippen LogP contribution in [0.5, 0.6) is 0 Å². The first-order chi connectivity index (χ1) is 7.79. The summed E-state index contributed by atoms with van der Waals surface area (Å²) in [5, 5.41) is 7.26. The summed E-state index contributed by atoms with van der Waals surface area (Å²) in [5.74, 6) is 5.54. The molecular formula is C8H13N5O2S. The van der Waals surface area contributed by atoms with E-state index in [9.17, 15) is 4.79 Å². The average molecular weight is 243 g/mol. The Morgan fingerprint density at radius 2 is 2.62 bits per heavy atom. The number of aromatic nitrogens is 3. The van der Waals surface area contributed by atoms with Crippen LogP contribution < -0.4 is 11.3 Å². The fraction of sp³-hybridized carbons (Fsp3) is 0.625. The van der Waals surface area contributed by atoms with Crippen molar-refractivity contribution >= 4 is 17.7 Å². The fourth-order valence-corrected chi connectivity index (χ4v) is 2.38. The monoisotopic (exact) mass is 243 g/mol. The predicted molar refractivity (Wildman–Crippen MR) is 57.3 cm³/mol. The largest absolute Gasteiger partial charge is 0.364 e. The molecule has 88 valence electrons. The van der Waals surface area contributed by atoms with Gasteiger partial charge < -0.3 is 4.74 Å². The average Bonchev–Trinajstić information content (AvgIpc) is 2.96. The number of ether oxygens (including phenoxy) is 1. The number of nitrogens with zero attached hydrogens (tertiary/aromatic N) is 2. The van der Waals surface area contributed by atoms with Crippen LogP contribution in [0.4, 0.5) is 0 Å². The van der Waals surface area contributed by atoms with Gasteiger partial charge in [-0.15, -0.1) is 0 Å². The van der Waals surface area contributed by atoms with Crippen LogP contribution in [0.2, 0.25) is 0 Å². The third-order valence-corrected chi connectivity index (χ3v) is 3.35. The number of nitrogens with one attached hydrogen (secondary N) is 2. The van der Waals surface area contributed by atoms with Gasteiger partial charge in [0.1, 0.15) is 12.4 Å². The van der Waals surface area contributed by atoms with Crippen LogP contribution in [0.1, 0.15) is 12.8 Å². The summed E-state index contributed by atoms with van der Waals surface area (Å²) in [5.41, 5.74) is 2.10. The molecule has 7 nitrogen and oxygen atoms in total. The molecule has 8 heteroatoms. The van der Waals surface area contributed by atoms with Gasteiger partial charge in [-0.25, -0.2) is 10.8 Å². The van der Waals surface area contributed by atoms with Crippen molar-refractivity contribution in [2.75, 3.05) is 5.75 Å². The first-order valence-electron chi connectivity index (χ1n) is 4.93. The third-order valence-electron chi connectivity index (χ3n) is 2.34. The minimum Gasteiger partial charge on any atom is -0.364 e. The summed E-state index contributed by atoms with van der Waals surface area (Å²) in [6.45, 7) is 0. The molecule has 2 heterocycles. The number of aromatic amines is 1. The van der Waals surface area contributed by atoms with Gasteiger partial charge in [-0.2, -0.15) is 5.10 Å². The van der Waals surface area contributed by atoms with Gasteiger partial charge in [0.15, 0.2) is 5.16 Å². The molecule has 2 unspecified atom stereocenters. The lowest BCUT2D eigenvalue weighted by atomic mass is 10.2. The van der Waals surface area contributed by atoms with Crippen molar-refractivity contribution in [3.8, 4) is 0 Å². The molecule has 2 atom stereocenters. The summed E-state index contributed by atoms with van der Waals surface area (Å²) in [7, 11) is 0. The van der Waals surface area contributed by atoms with Crippen LogP contribution >= 0.6 is 11.8 Å². The van der Waals surface area contributed by atoms with Crippen LogP contribution in [-0.4, -0.2) is 39.0 Å². The number of hydrogen-bond donors (Lipinski definition) is 3. The molecule has 1 amide bonds. The smallest absolute Gasteiger partial charge is 0.263 e. The van der Waals surface area contributed by atoms with Crippen molar-refractivity contribution in [2.24, 2.45) is 5.84 Å². The van der Waals surface area contributed by atoms with Gasteiger partial charge in [-0.05, 0) is 12.8 Å². The van der Waals surface area contributed by atoms with Gasteiger partial charge in [0.25, 0.3) is 5.91 Å². The Bertz CT molecular complexity index is 344.